The maximum Gasteiger partial charge on any atom is -0.0271 e. The van der Waals surface area contributed by atoms with Gasteiger partial charge in [0.1, 0.15) is 0 Å². The molecule has 0 fully saturated rings. The van der Waals surface area contributed by atoms with E-state index < -0.39 is 0 Å². The fourth-order valence-electron chi connectivity index (χ4n) is 1.36. The maximum atomic E-state index is 2.29. The van der Waals surface area contributed by atoms with Crippen LogP contribution in [0.3, 0.4) is 0 Å². The minimum Gasteiger partial charge on any atom is -0.0871 e. The standard InChI is InChI=1S/C11H16.C2H6/c1-4-5-11-8-9(2)6-7-10(11)3;1-2/h4-5,8H,6-7H2,1-3H3;1-2H3/b5-4-;. The molecule has 0 spiro atoms. The molecule has 0 atom stereocenters. The summed E-state index contributed by atoms with van der Waals surface area (Å²) in [6, 6.07) is 0. The third-order valence-corrected chi connectivity index (χ3v) is 2.14. The van der Waals surface area contributed by atoms with Gasteiger partial charge < -0.3 is 0 Å². The van der Waals surface area contributed by atoms with E-state index in [2.05, 4.69) is 39.0 Å². The van der Waals surface area contributed by atoms with Crippen LogP contribution >= 0.6 is 0 Å². The summed E-state index contributed by atoms with van der Waals surface area (Å²) in [6.45, 7) is 10.5. The third-order valence-electron chi connectivity index (χ3n) is 2.14. The van der Waals surface area contributed by atoms with Gasteiger partial charge in [0.15, 0.2) is 0 Å². The molecule has 0 aromatic carbocycles. The molecular formula is C13H22. The summed E-state index contributed by atoms with van der Waals surface area (Å²) < 4.78 is 0. The molecule has 0 radical (unpaired) electrons. The summed E-state index contributed by atoms with van der Waals surface area (Å²) in [7, 11) is 0. The first-order valence-corrected chi connectivity index (χ1v) is 5.23. The second kappa shape index (κ2) is 6.71. The molecule has 13 heavy (non-hydrogen) atoms. The Morgan fingerprint density at radius 3 is 2.31 bits per heavy atom. The van der Waals surface area contributed by atoms with Crippen molar-refractivity contribution in [3.8, 4) is 0 Å². The summed E-state index contributed by atoms with van der Waals surface area (Å²) in [5, 5.41) is 0. The number of allylic oxidation sites excluding steroid dienone is 6. The van der Waals surface area contributed by atoms with Crippen LogP contribution in [0.2, 0.25) is 0 Å². The second-order valence-electron chi connectivity index (χ2n) is 3.23. The summed E-state index contributed by atoms with van der Waals surface area (Å²) in [4.78, 5) is 0. The lowest BCUT2D eigenvalue weighted by atomic mass is 9.94. The van der Waals surface area contributed by atoms with Gasteiger partial charge in [0.05, 0.1) is 0 Å². The van der Waals surface area contributed by atoms with E-state index in [9.17, 15) is 0 Å². The van der Waals surface area contributed by atoms with Crippen LogP contribution in [0.1, 0.15) is 47.5 Å². The molecule has 0 aliphatic heterocycles. The highest BCUT2D eigenvalue weighted by Crippen LogP contribution is 2.23. The average molecular weight is 178 g/mol. The molecule has 0 aromatic rings. The lowest BCUT2D eigenvalue weighted by Gasteiger charge is -2.12. The minimum absolute atomic E-state index is 1.24. The van der Waals surface area contributed by atoms with E-state index in [-0.39, 0.29) is 0 Å². The van der Waals surface area contributed by atoms with Gasteiger partial charge in [-0.2, -0.15) is 0 Å². The fourth-order valence-corrected chi connectivity index (χ4v) is 1.36. The van der Waals surface area contributed by atoms with E-state index in [1.165, 1.54) is 29.6 Å². The van der Waals surface area contributed by atoms with E-state index in [1.54, 1.807) is 0 Å². The molecule has 0 aromatic heterocycles. The second-order valence-corrected chi connectivity index (χ2v) is 3.23. The monoisotopic (exact) mass is 178 g/mol. The van der Waals surface area contributed by atoms with Gasteiger partial charge in [0.2, 0.25) is 0 Å². The van der Waals surface area contributed by atoms with Crippen molar-refractivity contribution in [1.29, 1.82) is 0 Å². The van der Waals surface area contributed by atoms with Gasteiger partial charge in [-0.05, 0) is 39.2 Å². The highest BCUT2D eigenvalue weighted by molar-refractivity contribution is 5.39. The van der Waals surface area contributed by atoms with Gasteiger partial charge >= 0.3 is 0 Å². The maximum absolute atomic E-state index is 2.29. The predicted octanol–water partition coefficient (Wildman–Crippen LogP) is 4.65. The molecule has 0 amide bonds. The van der Waals surface area contributed by atoms with Crippen LogP contribution in [-0.2, 0) is 0 Å². The molecule has 0 saturated carbocycles. The van der Waals surface area contributed by atoms with Crippen LogP contribution in [0.4, 0.5) is 0 Å². The van der Waals surface area contributed by atoms with Crippen LogP contribution in [0, 0.1) is 0 Å². The molecule has 1 rings (SSSR count). The van der Waals surface area contributed by atoms with Gasteiger partial charge in [-0.3, -0.25) is 0 Å². The number of rotatable bonds is 1. The van der Waals surface area contributed by atoms with Gasteiger partial charge in [0.25, 0.3) is 0 Å². The fraction of sp³-hybridized carbons (Fsp3) is 0.538. The molecule has 0 bridgehead atoms. The Labute approximate surface area is 83.0 Å². The lowest BCUT2D eigenvalue weighted by Crippen LogP contribution is -1.92. The SMILES string of the molecule is C/C=C\C1=C(C)CCC(C)=C1.CC. The van der Waals surface area contributed by atoms with Crippen molar-refractivity contribution >= 4 is 0 Å². The van der Waals surface area contributed by atoms with Crippen LogP contribution in [0.15, 0.2) is 34.9 Å². The minimum atomic E-state index is 1.24. The molecule has 1 aliphatic carbocycles. The van der Waals surface area contributed by atoms with Crippen molar-refractivity contribution in [3.05, 3.63) is 34.9 Å². The van der Waals surface area contributed by atoms with E-state index in [4.69, 9.17) is 0 Å². The molecule has 0 saturated heterocycles. The van der Waals surface area contributed by atoms with Crippen molar-refractivity contribution in [2.45, 2.75) is 47.5 Å². The van der Waals surface area contributed by atoms with Crippen molar-refractivity contribution in [2.75, 3.05) is 0 Å². The van der Waals surface area contributed by atoms with Crippen molar-refractivity contribution < 1.29 is 0 Å². The highest BCUT2D eigenvalue weighted by atomic mass is 14.1. The van der Waals surface area contributed by atoms with E-state index >= 15 is 0 Å². The zero-order chi connectivity index (χ0) is 10.3. The van der Waals surface area contributed by atoms with Crippen LogP contribution in [0.5, 0.6) is 0 Å². The zero-order valence-electron chi connectivity index (χ0n) is 9.65. The molecule has 0 unspecified atom stereocenters. The van der Waals surface area contributed by atoms with Crippen molar-refractivity contribution in [3.63, 3.8) is 0 Å². The smallest absolute Gasteiger partial charge is 0.0271 e. The highest BCUT2D eigenvalue weighted by Gasteiger charge is 2.03. The summed E-state index contributed by atoms with van der Waals surface area (Å²) in [5.41, 5.74) is 4.44. The summed E-state index contributed by atoms with van der Waals surface area (Å²) in [5.74, 6) is 0. The van der Waals surface area contributed by atoms with Crippen LogP contribution in [-0.4, -0.2) is 0 Å². The van der Waals surface area contributed by atoms with E-state index in [0.29, 0.717) is 0 Å². The van der Waals surface area contributed by atoms with Gasteiger partial charge in [-0.15, -0.1) is 0 Å². The Morgan fingerprint density at radius 2 is 1.77 bits per heavy atom. The topological polar surface area (TPSA) is 0 Å². The molecule has 0 heterocycles. The third kappa shape index (κ3) is 4.12. The van der Waals surface area contributed by atoms with Gasteiger partial charge in [-0.25, -0.2) is 0 Å². The molecule has 74 valence electrons. The summed E-state index contributed by atoms with van der Waals surface area (Å²) >= 11 is 0. The Kier molecular flexibility index (Phi) is 6.30. The predicted molar refractivity (Wildman–Crippen MR) is 61.9 cm³/mol. The molecule has 1 aliphatic rings. The Bertz CT molecular complexity index is 226. The van der Waals surface area contributed by atoms with Gasteiger partial charge in [-0.1, -0.05) is 43.2 Å². The Balaban J connectivity index is 0.000000671. The quantitative estimate of drug-likeness (QED) is 0.548. The van der Waals surface area contributed by atoms with Crippen molar-refractivity contribution in [2.24, 2.45) is 0 Å². The molecule has 0 nitrogen and oxygen atoms in total. The molecule has 0 N–H and O–H groups in total. The molecule has 0 heteroatoms. The first-order valence-electron chi connectivity index (χ1n) is 5.23. The van der Waals surface area contributed by atoms with Crippen molar-refractivity contribution in [1.82, 2.24) is 0 Å². The Hall–Kier alpha value is -0.780. The van der Waals surface area contributed by atoms with Gasteiger partial charge in [0, 0.05) is 0 Å². The van der Waals surface area contributed by atoms with E-state index in [0.717, 1.165) is 0 Å². The Morgan fingerprint density at radius 1 is 1.15 bits per heavy atom. The van der Waals surface area contributed by atoms with Crippen LogP contribution < -0.4 is 0 Å². The average Bonchev–Trinajstić information content (AvgIpc) is 2.15. The lowest BCUT2D eigenvalue weighted by molar-refractivity contribution is 0.894. The first-order chi connectivity index (χ1) is 6.24. The normalized spacial score (nSPS) is 16.8. The van der Waals surface area contributed by atoms with E-state index in [1.807, 2.05) is 13.8 Å². The summed E-state index contributed by atoms with van der Waals surface area (Å²) in [6.07, 6.45) is 9.07. The van der Waals surface area contributed by atoms with Crippen LogP contribution in [0.25, 0.3) is 0 Å². The largest absolute Gasteiger partial charge is 0.0871 e. The number of hydrogen-bond acceptors (Lipinski definition) is 0. The number of hydrogen-bond donors (Lipinski definition) is 0. The molecular weight excluding hydrogens is 156 g/mol. The first kappa shape index (κ1) is 12.2. The zero-order valence-corrected chi connectivity index (χ0v) is 9.65.